The number of nitrogens with zero attached hydrogens (tertiary/aromatic N) is 1. The first-order chi connectivity index (χ1) is 14.7. The molecule has 160 valence electrons. The van der Waals surface area contributed by atoms with Crippen LogP contribution in [0.25, 0.3) is 0 Å². The number of nitrogens with one attached hydrogen (secondary N) is 3. The highest BCUT2D eigenvalue weighted by Gasteiger charge is 2.38. The first-order valence-electron chi connectivity index (χ1n) is 9.12. The monoisotopic (exact) mass is 440 g/mol. The van der Waals surface area contributed by atoms with Gasteiger partial charge < -0.3 is 15.7 Å². The zero-order chi connectivity index (χ0) is 22.5. The molecule has 10 heteroatoms. The first kappa shape index (κ1) is 21.9. The van der Waals surface area contributed by atoms with Crippen molar-refractivity contribution < 1.29 is 23.1 Å². The van der Waals surface area contributed by atoms with Gasteiger partial charge in [-0.25, -0.2) is 13.2 Å². The van der Waals surface area contributed by atoms with Crippen LogP contribution in [-0.2, 0) is 14.8 Å². The molecule has 31 heavy (non-hydrogen) atoms. The van der Waals surface area contributed by atoms with Gasteiger partial charge in [-0.3, -0.25) is 9.78 Å². The number of carbonyl (C=O) groups is 2. The number of carboxylic acids is 1. The van der Waals surface area contributed by atoms with Crippen molar-refractivity contribution in [3.63, 3.8) is 0 Å². The second-order valence-corrected chi connectivity index (χ2v) is 8.43. The van der Waals surface area contributed by atoms with Crippen molar-refractivity contribution in [3.05, 3.63) is 84.7 Å². The lowest BCUT2D eigenvalue weighted by Crippen LogP contribution is -2.57. The molecule has 0 aliphatic carbocycles. The van der Waals surface area contributed by atoms with E-state index < -0.39 is 21.7 Å². The fraction of sp³-hybridized carbons (Fsp3) is 0.0952. The van der Waals surface area contributed by atoms with E-state index in [2.05, 4.69) is 20.3 Å². The van der Waals surface area contributed by atoms with E-state index >= 15 is 0 Å². The van der Waals surface area contributed by atoms with Crippen LogP contribution in [0.15, 0.2) is 84.0 Å². The van der Waals surface area contributed by atoms with Gasteiger partial charge in [0.25, 0.3) is 5.91 Å². The molecule has 0 spiro atoms. The molecule has 3 rings (SSSR count). The van der Waals surface area contributed by atoms with Crippen LogP contribution in [0.4, 0.5) is 11.4 Å². The van der Waals surface area contributed by atoms with E-state index in [-0.39, 0.29) is 10.8 Å². The second-order valence-electron chi connectivity index (χ2n) is 6.75. The van der Waals surface area contributed by atoms with Gasteiger partial charge in [-0.05, 0) is 55.5 Å². The summed E-state index contributed by atoms with van der Waals surface area (Å²) in [6.45, 7) is 1.19. The molecule has 1 amide bonds. The van der Waals surface area contributed by atoms with Gasteiger partial charge in [0.15, 0.2) is 5.66 Å². The zero-order valence-electron chi connectivity index (χ0n) is 16.4. The Morgan fingerprint density at radius 1 is 0.935 bits per heavy atom. The van der Waals surface area contributed by atoms with E-state index in [0.717, 1.165) is 0 Å². The lowest BCUT2D eigenvalue weighted by Gasteiger charge is -2.28. The summed E-state index contributed by atoms with van der Waals surface area (Å²) in [5.41, 5.74) is -0.849. The van der Waals surface area contributed by atoms with Gasteiger partial charge in [0.1, 0.15) is 0 Å². The number of aromatic nitrogens is 1. The molecule has 9 nitrogen and oxygen atoms in total. The van der Waals surface area contributed by atoms with Gasteiger partial charge in [0.2, 0.25) is 10.0 Å². The fourth-order valence-electron chi connectivity index (χ4n) is 2.69. The molecule has 0 bridgehead atoms. The molecule has 1 heterocycles. The predicted octanol–water partition coefficient (Wildman–Crippen LogP) is 2.53. The predicted molar refractivity (Wildman–Crippen MR) is 115 cm³/mol. The Morgan fingerprint density at radius 2 is 1.61 bits per heavy atom. The van der Waals surface area contributed by atoms with Crippen LogP contribution >= 0.6 is 0 Å². The van der Waals surface area contributed by atoms with Gasteiger partial charge in [-0.15, -0.1) is 0 Å². The summed E-state index contributed by atoms with van der Waals surface area (Å²) in [6.07, 6.45) is 2.88. The summed E-state index contributed by atoms with van der Waals surface area (Å²) in [5, 5.41) is 14.9. The number of carboxylic acid groups (broad SMARTS) is 1. The van der Waals surface area contributed by atoms with E-state index in [9.17, 15) is 23.1 Å². The number of rotatable bonds is 8. The molecule has 0 saturated carbocycles. The number of benzene rings is 2. The quantitative estimate of drug-likeness (QED) is 0.395. The lowest BCUT2D eigenvalue weighted by atomic mass is 10.2. The first-order valence-corrected chi connectivity index (χ1v) is 10.6. The minimum absolute atomic E-state index is 0.161. The van der Waals surface area contributed by atoms with Crippen molar-refractivity contribution >= 4 is 33.3 Å². The molecular weight excluding hydrogens is 420 g/mol. The van der Waals surface area contributed by atoms with Crippen LogP contribution < -0.4 is 15.4 Å². The van der Waals surface area contributed by atoms with Crippen LogP contribution in [-0.4, -0.2) is 36.0 Å². The number of sulfonamides is 1. The third kappa shape index (κ3) is 5.44. The molecule has 0 unspecified atom stereocenters. The molecule has 1 aromatic heterocycles. The second kappa shape index (κ2) is 8.94. The number of hydrogen-bond donors (Lipinski definition) is 4. The molecule has 0 aliphatic heterocycles. The summed E-state index contributed by atoms with van der Waals surface area (Å²) < 4.78 is 27.7. The van der Waals surface area contributed by atoms with Crippen LogP contribution in [0.1, 0.15) is 17.3 Å². The van der Waals surface area contributed by atoms with E-state index in [1.165, 1.54) is 43.6 Å². The maximum atomic E-state index is 12.8. The van der Waals surface area contributed by atoms with E-state index in [1.54, 1.807) is 42.5 Å². The van der Waals surface area contributed by atoms with E-state index in [4.69, 9.17) is 0 Å². The largest absolute Gasteiger partial charge is 0.478 e. The number of amides is 1. The highest BCUT2D eigenvalue weighted by Crippen LogP contribution is 2.19. The topological polar surface area (TPSA) is 137 Å². The Kier molecular flexibility index (Phi) is 6.33. The molecule has 1 atom stereocenters. The van der Waals surface area contributed by atoms with Gasteiger partial charge >= 0.3 is 5.97 Å². The normalized spacial score (nSPS) is 13.1. The Balaban J connectivity index is 1.76. The number of pyridine rings is 1. The molecular formula is C21H20N4O5S. The minimum atomic E-state index is -4.21. The van der Waals surface area contributed by atoms with Crippen LogP contribution in [0.5, 0.6) is 0 Å². The van der Waals surface area contributed by atoms with Crippen LogP contribution in [0.3, 0.4) is 0 Å². The van der Waals surface area contributed by atoms with Gasteiger partial charge in [-0.1, -0.05) is 18.2 Å². The van der Waals surface area contributed by atoms with Crippen molar-refractivity contribution in [1.29, 1.82) is 0 Å². The van der Waals surface area contributed by atoms with Gasteiger partial charge in [0.05, 0.1) is 10.6 Å². The minimum Gasteiger partial charge on any atom is -0.478 e. The molecule has 0 aliphatic rings. The summed E-state index contributed by atoms with van der Waals surface area (Å²) >= 11 is 0. The Bertz CT molecular complexity index is 1170. The number of carbonyl (C=O) groups excluding carboxylic acids is 1. The molecule has 4 N–H and O–H groups in total. The van der Waals surface area contributed by atoms with Crippen molar-refractivity contribution in [1.82, 2.24) is 9.71 Å². The van der Waals surface area contributed by atoms with Crippen LogP contribution in [0.2, 0.25) is 0 Å². The van der Waals surface area contributed by atoms with E-state index in [1.807, 2.05) is 0 Å². The summed E-state index contributed by atoms with van der Waals surface area (Å²) in [5.74, 6) is -1.76. The molecule has 3 aromatic rings. The Labute approximate surface area is 179 Å². The van der Waals surface area contributed by atoms with Crippen molar-refractivity contribution in [3.8, 4) is 0 Å². The highest BCUT2D eigenvalue weighted by molar-refractivity contribution is 7.89. The van der Waals surface area contributed by atoms with Crippen LogP contribution in [0, 0.1) is 0 Å². The fourth-order valence-corrected chi connectivity index (χ4v) is 3.97. The summed E-state index contributed by atoms with van der Waals surface area (Å²) in [7, 11) is -4.21. The van der Waals surface area contributed by atoms with Gasteiger partial charge in [0, 0.05) is 23.6 Å². The van der Waals surface area contributed by atoms with Gasteiger partial charge in [-0.2, -0.15) is 4.72 Å². The van der Waals surface area contributed by atoms with E-state index in [0.29, 0.717) is 16.9 Å². The average molecular weight is 440 g/mol. The molecule has 0 fully saturated rings. The SMILES string of the molecule is C[C@](Nc1cccnc1)(NS(=O)(=O)c1ccc(NC(=O)c2ccccc2)cc1)C(=O)O. The zero-order valence-corrected chi connectivity index (χ0v) is 17.3. The third-order valence-electron chi connectivity index (χ3n) is 4.28. The maximum Gasteiger partial charge on any atom is 0.345 e. The summed E-state index contributed by atoms with van der Waals surface area (Å²) in [6, 6.07) is 17.1. The highest BCUT2D eigenvalue weighted by atomic mass is 32.2. The molecule has 0 radical (unpaired) electrons. The average Bonchev–Trinajstić information content (AvgIpc) is 2.75. The maximum absolute atomic E-state index is 12.8. The van der Waals surface area contributed by atoms with Crippen molar-refractivity contribution in [2.75, 3.05) is 10.6 Å². The summed E-state index contributed by atoms with van der Waals surface area (Å²) in [4.78, 5) is 27.7. The number of aliphatic carboxylic acids is 1. The third-order valence-corrected chi connectivity index (χ3v) is 5.85. The van der Waals surface area contributed by atoms with Crippen molar-refractivity contribution in [2.24, 2.45) is 0 Å². The Morgan fingerprint density at radius 3 is 2.19 bits per heavy atom. The Hall–Kier alpha value is -3.76. The lowest BCUT2D eigenvalue weighted by molar-refractivity contribution is -0.142. The standard InChI is InChI=1S/C21H20N4O5S/c1-21(20(27)28,24-17-8-5-13-22-14-17)25-31(29,30)18-11-9-16(10-12-18)23-19(26)15-6-3-2-4-7-15/h2-14,24-25H,1H3,(H,23,26)(H,27,28)/t21-/m0/s1. The number of anilines is 2. The van der Waals surface area contributed by atoms with Crippen molar-refractivity contribution in [2.45, 2.75) is 17.5 Å². The smallest absolute Gasteiger partial charge is 0.345 e. The molecule has 2 aromatic carbocycles. The number of hydrogen-bond acceptors (Lipinski definition) is 6. The molecule has 0 saturated heterocycles.